The smallest absolute Gasteiger partial charge is 0.407 e. The molecule has 0 fully saturated rings. The quantitative estimate of drug-likeness (QED) is 0.705. The van der Waals surface area contributed by atoms with Crippen LogP contribution in [0.5, 0.6) is 0 Å². The van der Waals surface area contributed by atoms with Gasteiger partial charge in [-0.15, -0.1) is 0 Å². The summed E-state index contributed by atoms with van der Waals surface area (Å²) in [6.07, 6.45) is -0.470. The Bertz CT molecular complexity index is 574. The third-order valence-electron chi connectivity index (χ3n) is 3.81. The highest BCUT2D eigenvalue weighted by Crippen LogP contribution is 2.18. The van der Waals surface area contributed by atoms with E-state index in [0.717, 1.165) is 0 Å². The number of amides is 1. The molecule has 0 bridgehead atoms. The van der Waals surface area contributed by atoms with E-state index in [1.807, 2.05) is 41.5 Å². The predicted octanol–water partition coefficient (Wildman–Crippen LogP) is 3.01. The van der Waals surface area contributed by atoms with Gasteiger partial charge in [-0.1, -0.05) is 13.8 Å². The molecule has 0 radical (unpaired) electrons. The molecule has 1 aromatic heterocycles. The fourth-order valence-corrected chi connectivity index (χ4v) is 1.92. The van der Waals surface area contributed by atoms with E-state index >= 15 is 0 Å². The van der Waals surface area contributed by atoms with Gasteiger partial charge in [-0.25, -0.2) is 9.59 Å². The molecule has 7 heteroatoms. The summed E-state index contributed by atoms with van der Waals surface area (Å²) >= 11 is 0. The molecular weight excluding hydrogens is 312 g/mol. The van der Waals surface area contributed by atoms with Gasteiger partial charge in [0.25, 0.3) is 0 Å². The van der Waals surface area contributed by atoms with Crippen molar-refractivity contribution in [2.75, 3.05) is 6.54 Å². The summed E-state index contributed by atoms with van der Waals surface area (Å²) < 4.78 is 10.5. The van der Waals surface area contributed by atoms with Gasteiger partial charge in [-0.3, -0.25) is 0 Å². The maximum absolute atomic E-state index is 11.8. The minimum atomic E-state index is -1.10. The van der Waals surface area contributed by atoms with E-state index in [1.54, 1.807) is 6.07 Å². The van der Waals surface area contributed by atoms with Gasteiger partial charge in [0.1, 0.15) is 11.4 Å². The summed E-state index contributed by atoms with van der Waals surface area (Å²) in [6, 6.07) is 3.05. The lowest BCUT2D eigenvalue weighted by molar-refractivity contribution is 0.0501. The fraction of sp³-hybridized carbons (Fsp3) is 0.647. The van der Waals surface area contributed by atoms with Crippen molar-refractivity contribution in [1.29, 1.82) is 0 Å². The molecule has 7 nitrogen and oxygen atoms in total. The van der Waals surface area contributed by atoms with Crippen LogP contribution in [-0.2, 0) is 11.3 Å². The monoisotopic (exact) mass is 340 g/mol. The minimum Gasteiger partial charge on any atom is -0.475 e. The van der Waals surface area contributed by atoms with Crippen LogP contribution in [-0.4, -0.2) is 34.9 Å². The summed E-state index contributed by atoms with van der Waals surface area (Å²) in [5, 5.41) is 15.0. The fourth-order valence-electron chi connectivity index (χ4n) is 1.92. The Morgan fingerprint density at radius 3 is 2.33 bits per heavy atom. The number of carboxylic acid groups (broad SMARTS) is 1. The molecule has 1 amide bonds. The van der Waals surface area contributed by atoms with Gasteiger partial charge in [0.2, 0.25) is 5.76 Å². The van der Waals surface area contributed by atoms with Gasteiger partial charge >= 0.3 is 12.1 Å². The molecule has 0 aliphatic heterocycles. The number of aromatic carboxylic acids is 1. The number of furan rings is 1. The lowest BCUT2D eigenvalue weighted by atomic mass is 9.88. The molecule has 0 saturated heterocycles. The summed E-state index contributed by atoms with van der Waals surface area (Å²) in [6.45, 7) is 12.2. The van der Waals surface area contributed by atoms with Crippen LogP contribution in [0.4, 0.5) is 4.79 Å². The first kappa shape index (κ1) is 20.0. The zero-order valence-electron chi connectivity index (χ0n) is 15.2. The van der Waals surface area contributed by atoms with Crippen molar-refractivity contribution in [3.63, 3.8) is 0 Å². The topological polar surface area (TPSA) is 101 Å². The first-order valence-electron chi connectivity index (χ1n) is 7.97. The van der Waals surface area contributed by atoms with E-state index in [9.17, 15) is 9.59 Å². The Morgan fingerprint density at radius 1 is 1.25 bits per heavy atom. The van der Waals surface area contributed by atoms with Gasteiger partial charge in [0.05, 0.1) is 6.54 Å². The molecular formula is C17H28N2O5. The van der Waals surface area contributed by atoms with Crippen LogP contribution >= 0.6 is 0 Å². The molecule has 0 saturated carbocycles. The third kappa shape index (κ3) is 6.23. The van der Waals surface area contributed by atoms with Crippen molar-refractivity contribution in [2.45, 2.75) is 59.2 Å². The normalized spacial score (nSPS) is 14.3. The number of carbonyl (C=O) groups excluding carboxylic acids is 1. The third-order valence-corrected chi connectivity index (χ3v) is 3.81. The molecule has 1 unspecified atom stereocenters. The second-order valence-corrected chi connectivity index (χ2v) is 7.35. The second kappa shape index (κ2) is 7.70. The lowest BCUT2D eigenvalue weighted by Crippen LogP contribution is -2.55. The average Bonchev–Trinajstić information content (AvgIpc) is 2.90. The molecule has 0 aliphatic rings. The van der Waals surface area contributed by atoms with Crippen molar-refractivity contribution >= 4 is 12.1 Å². The molecule has 136 valence electrons. The Morgan fingerprint density at radius 2 is 1.88 bits per heavy atom. The van der Waals surface area contributed by atoms with Crippen LogP contribution in [0, 0.1) is 5.92 Å². The first-order valence-corrected chi connectivity index (χ1v) is 7.97. The average molecular weight is 340 g/mol. The molecule has 0 aliphatic carbocycles. The molecule has 1 rings (SSSR count). The molecule has 1 aromatic rings. The van der Waals surface area contributed by atoms with Crippen molar-refractivity contribution < 1.29 is 23.8 Å². The highest BCUT2D eigenvalue weighted by Gasteiger charge is 2.29. The number of rotatable bonds is 7. The van der Waals surface area contributed by atoms with E-state index in [0.29, 0.717) is 18.8 Å². The molecule has 3 N–H and O–H groups in total. The number of ether oxygens (including phenoxy) is 1. The number of hydrogen-bond acceptors (Lipinski definition) is 5. The van der Waals surface area contributed by atoms with Gasteiger partial charge in [-0.2, -0.15) is 0 Å². The standard InChI is InChI=1S/C17H28N2O5/c1-11(2)17(6,10-18-15(22)24-16(3,4)5)19-9-12-7-8-13(23-12)14(20)21/h7-8,11,19H,9-10H2,1-6H3,(H,18,22)(H,20,21). The van der Waals surface area contributed by atoms with Crippen LogP contribution in [0.25, 0.3) is 0 Å². The van der Waals surface area contributed by atoms with Crippen LogP contribution in [0.3, 0.4) is 0 Å². The minimum absolute atomic E-state index is 0.0927. The summed E-state index contributed by atoms with van der Waals surface area (Å²) in [4.78, 5) is 22.7. The summed E-state index contributed by atoms with van der Waals surface area (Å²) in [5.41, 5.74) is -0.958. The zero-order valence-corrected chi connectivity index (χ0v) is 15.2. The van der Waals surface area contributed by atoms with Gasteiger partial charge in [0.15, 0.2) is 0 Å². The second-order valence-electron chi connectivity index (χ2n) is 7.35. The predicted molar refractivity (Wildman–Crippen MR) is 90.0 cm³/mol. The number of alkyl carbamates (subject to hydrolysis) is 1. The van der Waals surface area contributed by atoms with E-state index < -0.39 is 23.2 Å². The van der Waals surface area contributed by atoms with Crippen LogP contribution < -0.4 is 10.6 Å². The molecule has 1 atom stereocenters. The Kier molecular flexibility index (Phi) is 6.42. The zero-order chi connectivity index (χ0) is 18.5. The van der Waals surface area contributed by atoms with E-state index in [-0.39, 0.29) is 11.7 Å². The van der Waals surface area contributed by atoms with Crippen molar-refractivity contribution in [1.82, 2.24) is 10.6 Å². The number of nitrogens with one attached hydrogen (secondary N) is 2. The van der Waals surface area contributed by atoms with Gasteiger partial charge in [-0.05, 0) is 45.7 Å². The van der Waals surface area contributed by atoms with Crippen molar-refractivity contribution in [3.05, 3.63) is 23.7 Å². The molecule has 24 heavy (non-hydrogen) atoms. The number of carbonyl (C=O) groups is 2. The first-order chi connectivity index (χ1) is 10.9. The Labute approximate surface area is 142 Å². The SMILES string of the molecule is CC(C)C(C)(CNC(=O)OC(C)(C)C)NCc1ccc(C(=O)O)o1. The van der Waals surface area contributed by atoms with Crippen LogP contribution in [0.2, 0.25) is 0 Å². The number of carboxylic acids is 1. The van der Waals surface area contributed by atoms with Gasteiger partial charge < -0.3 is 24.9 Å². The molecule has 0 aromatic carbocycles. The maximum atomic E-state index is 11.8. The van der Waals surface area contributed by atoms with Gasteiger partial charge in [0, 0.05) is 12.1 Å². The highest BCUT2D eigenvalue weighted by molar-refractivity contribution is 5.84. The number of hydrogen-bond donors (Lipinski definition) is 3. The molecule has 0 spiro atoms. The maximum Gasteiger partial charge on any atom is 0.407 e. The summed E-state index contributed by atoms with van der Waals surface area (Å²) in [7, 11) is 0. The lowest BCUT2D eigenvalue weighted by Gasteiger charge is -2.35. The van der Waals surface area contributed by atoms with Crippen molar-refractivity contribution in [2.24, 2.45) is 5.92 Å². The van der Waals surface area contributed by atoms with E-state index in [2.05, 4.69) is 10.6 Å². The highest BCUT2D eigenvalue weighted by atomic mass is 16.6. The molecule has 1 heterocycles. The Balaban J connectivity index is 2.63. The van der Waals surface area contributed by atoms with Crippen molar-refractivity contribution in [3.8, 4) is 0 Å². The van der Waals surface area contributed by atoms with Crippen LogP contribution in [0.1, 0.15) is 57.9 Å². The van der Waals surface area contributed by atoms with E-state index in [1.165, 1.54) is 6.07 Å². The Hall–Kier alpha value is -2.02. The largest absolute Gasteiger partial charge is 0.475 e. The summed E-state index contributed by atoms with van der Waals surface area (Å²) in [5.74, 6) is -0.456. The van der Waals surface area contributed by atoms with Crippen LogP contribution in [0.15, 0.2) is 16.5 Å². The van der Waals surface area contributed by atoms with E-state index in [4.69, 9.17) is 14.3 Å².